The molecule has 0 aromatic heterocycles. The van der Waals surface area contributed by atoms with Crippen molar-refractivity contribution in [2.75, 3.05) is 32.0 Å². The van der Waals surface area contributed by atoms with Gasteiger partial charge in [0, 0.05) is 11.4 Å². The molecule has 0 aliphatic heterocycles. The standard InChI is InChI=1S/C18H29NO2S/c1-4-7-15-22-17-12-9-8-11-16(17)18(20)21-14-10-13-19(5-2)6-3/h8-9,11-12H,4-7,10,13-15H2,1-3H3. The number of benzene rings is 1. The number of carbonyl (C=O) groups is 1. The van der Waals surface area contributed by atoms with Gasteiger partial charge in [-0.25, -0.2) is 4.79 Å². The van der Waals surface area contributed by atoms with Crippen molar-refractivity contribution < 1.29 is 9.53 Å². The van der Waals surface area contributed by atoms with Crippen LogP contribution in [0.25, 0.3) is 0 Å². The zero-order valence-electron chi connectivity index (χ0n) is 14.1. The molecule has 0 N–H and O–H groups in total. The predicted octanol–water partition coefficient (Wildman–Crippen LogP) is 4.47. The number of nitrogens with zero attached hydrogens (tertiary/aromatic N) is 1. The minimum atomic E-state index is -0.195. The van der Waals surface area contributed by atoms with Crippen LogP contribution in [0, 0.1) is 0 Å². The first-order chi connectivity index (χ1) is 10.7. The highest BCUT2D eigenvalue weighted by atomic mass is 32.2. The summed E-state index contributed by atoms with van der Waals surface area (Å²) in [5, 5.41) is 0. The van der Waals surface area contributed by atoms with Gasteiger partial charge in [0.1, 0.15) is 0 Å². The van der Waals surface area contributed by atoms with E-state index < -0.39 is 0 Å². The van der Waals surface area contributed by atoms with Crippen LogP contribution in [0.1, 0.15) is 50.4 Å². The highest BCUT2D eigenvalue weighted by Crippen LogP contribution is 2.24. The van der Waals surface area contributed by atoms with E-state index in [2.05, 4.69) is 25.7 Å². The molecule has 0 saturated heterocycles. The van der Waals surface area contributed by atoms with Crippen molar-refractivity contribution in [3.05, 3.63) is 29.8 Å². The molecule has 0 fully saturated rings. The lowest BCUT2D eigenvalue weighted by Gasteiger charge is -2.17. The molecular formula is C18H29NO2S. The summed E-state index contributed by atoms with van der Waals surface area (Å²) in [6.07, 6.45) is 3.22. The number of unbranched alkanes of at least 4 members (excludes halogenated alkanes) is 1. The van der Waals surface area contributed by atoms with Crippen LogP contribution in [0.4, 0.5) is 0 Å². The molecule has 1 aromatic rings. The Bertz CT molecular complexity index is 433. The number of hydrogen-bond acceptors (Lipinski definition) is 4. The van der Waals surface area contributed by atoms with E-state index in [1.54, 1.807) is 11.8 Å². The van der Waals surface area contributed by atoms with Crippen molar-refractivity contribution in [1.29, 1.82) is 0 Å². The topological polar surface area (TPSA) is 29.5 Å². The highest BCUT2D eigenvalue weighted by molar-refractivity contribution is 7.99. The first kappa shape index (κ1) is 19.0. The summed E-state index contributed by atoms with van der Waals surface area (Å²) in [5.74, 6) is 0.849. The molecule has 4 heteroatoms. The van der Waals surface area contributed by atoms with Crippen LogP contribution in [0.2, 0.25) is 0 Å². The lowest BCUT2D eigenvalue weighted by molar-refractivity contribution is 0.0485. The highest BCUT2D eigenvalue weighted by Gasteiger charge is 2.12. The minimum Gasteiger partial charge on any atom is -0.462 e. The van der Waals surface area contributed by atoms with E-state index in [9.17, 15) is 4.79 Å². The van der Waals surface area contributed by atoms with Gasteiger partial charge in [-0.15, -0.1) is 11.8 Å². The fourth-order valence-electron chi connectivity index (χ4n) is 2.16. The molecule has 0 heterocycles. The Kier molecular flexibility index (Phi) is 10.0. The van der Waals surface area contributed by atoms with Gasteiger partial charge in [0.2, 0.25) is 0 Å². The van der Waals surface area contributed by atoms with Crippen LogP contribution in [-0.4, -0.2) is 42.9 Å². The third kappa shape index (κ3) is 6.84. The summed E-state index contributed by atoms with van der Waals surface area (Å²) in [6, 6.07) is 7.75. The van der Waals surface area contributed by atoms with E-state index in [0.717, 1.165) is 43.1 Å². The third-order valence-corrected chi connectivity index (χ3v) is 4.77. The number of carbonyl (C=O) groups excluding carboxylic acids is 1. The first-order valence-electron chi connectivity index (χ1n) is 8.34. The van der Waals surface area contributed by atoms with Crippen LogP contribution in [0.5, 0.6) is 0 Å². The molecule has 1 rings (SSSR count). The SMILES string of the molecule is CCCCSc1ccccc1C(=O)OCCCN(CC)CC. The second kappa shape index (κ2) is 11.6. The molecule has 0 amide bonds. The van der Waals surface area contributed by atoms with Gasteiger partial charge < -0.3 is 9.64 Å². The number of ether oxygens (including phenoxy) is 1. The molecule has 0 atom stereocenters. The Hall–Kier alpha value is -1.00. The van der Waals surface area contributed by atoms with Crippen molar-refractivity contribution >= 4 is 17.7 Å². The summed E-state index contributed by atoms with van der Waals surface area (Å²) < 4.78 is 5.44. The van der Waals surface area contributed by atoms with Gasteiger partial charge in [-0.1, -0.05) is 39.3 Å². The molecule has 0 aliphatic carbocycles. The molecule has 0 unspecified atom stereocenters. The molecule has 0 bridgehead atoms. The lowest BCUT2D eigenvalue weighted by Crippen LogP contribution is -2.25. The van der Waals surface area contributed by atoms with Crippen LogP contribution in [0.3, 0.4) is 0 Å². The normalized spacial score (nSPS) is 10.9. The second-order valence-electron chi connectivity index (χ2n) is 5.21. The summed E-state index contributed by atoms with van der Waals surface area (Å²) in [4.78, 5) is 15.6. The molecule has 124 valence electrons. The number of hydrogen-bond donors (Lipinski definition) is 0. The quantitative estimate of drug-likeness (QED) is 0.341. The molecule has 22 heavy (non-hydrogen) atoms. The Labute approximate surface area is 139 Å². The molecule has 1 aromatic carbocycles. The maximum atomic E-state index is 12.2. The van der Waals surface area contributed by atoms with Gasteiger partial charge in [-0.3, -0.25) is 0 Å². The van der Waals surface area contributed by atoms with E-state index in [-0.39, 0.29) is 5.97 Å². The Morgan fingerprint density at radius 1 is 1.14 bits per heavy atom. The summed E-state index contributed by atoms with van der Waals surface area (Å²) in [7, 11) is 0. The maximum absolute atomic E-state index is 12.2. The molecule has 0 aliphatic rings. The third-order valence-electron chi connectivity index (χ3n) is 3.61. The van der Waals surface area contributed by atoms with E-state index in [0.29, 0.717) is 12.2 Å². The smallest absolute Gasteiger partial charge is 0.339 e. The van der Waals surface area contributed by atoms with Crippen molar-refractivity contribution in [3.8, 4) is 0 Å². The monoisotopic (exact) mass is 323 g/mol. The number of esters is 1. The van der Waals surface area contributed by atoms with Crippen LogP contribution >= 0.6 is 11.8 Å². The predicted molar refractivity (Wildman–Crippen MR) is 94.8 cm³/mol. The van der Waals surface area contributed by atoms with Crippen molar-refractivity contribution in [2.45, 2.75) is 44.9 Å². The average Bonchev–Trinajstić information content (AvgIpc) is 2.55. The van der Waals surface area contributed by atoms with Gasteiger partial charge >= 0.3 is 5.97 Å². The zero-order chi connectivity index (χ0) is 16.2. The van der Waals surface area contributed by atoms with E-state index in [1.807, 2.05) is 24.3 Å². The number of rotatable bonds is 11. The summed E-state index contributed by atoms with van der Waals surface area (Å²) >= 11 is 1.74. The first-order valence-corrected chi connectivity index (χ1v) is 9.32. The Morgan fingerprint density at radius 2 is 1.86 bits per heavy atom. The Balaban J connectivity index is 2.44. The second-order valence-corrected chi connectivity index (χ2v) is 6.35. The van der Waals surface area contributed by atoms with E-state index >= 15 is 0 Å². The lowest BCUT2D eigenvalue weighted by atomic mass is 10.2. The summed E-state index contributed by atoms with van der Waals surface area (Å²) in [5.41, 5.74) is 0.700. The van der Waals surface area contributed by atoms with Gasteiger partial charge in [0.05, 0.1) is 12.2 Å². The molecule has 0 radical (unpaired) electrons. The average molecular weight is 324 g/mol. The van der Waals surface area contributed by atoms with Crippen LogP contribution in [0.15, 0.2) is 29.2 Å². The van der Waals surface area contributed by atoms with Crippen molar-refractivity contribution in [3.63, 3.8) is 0 Å². The van der Waals surface area contributed by atoms with E-state index in [4.69, 9.17) is 4.74 Å². The molecular weight excluding hydrogens is 294 g/mol. The van der Waals surface area contributed by atoms with Crippen LogP contribution in [-0.2, 0) is 4.74 Å². The maximum Gasteiger partial charge on any atom is 0.339 e. The van der Waals surface area contributed by atoms with Gasteiger partial charge in [0.15, 0.2) is 0 Å². The fraction of sp³-hybridized carbons (Fsp3) is 0.611. The Morgan fingerprint density at radius 3 is 2.55 bits per heavy atom. The van der Waals surface area contributed by atoms with E-state index in [1.165, 1.54) is 6.42 Å². The fourth-order valence-corrected chi connectivity index (χ4v) is 3.29. The van der Waals surface area contributed by atoms with Gasteiger partial charge in [-0.05, 0) is 43.8 Å². The summed E-state index contributed by atoms with van der Waals surface area (Å²) in [6.45, 7) is 10.0. The molecule has 3 nitrogen and oxygen atoms in total. The molecule has 0 spiro atoms. The van der Waals surface area contributed by atoms with Gasteiger partial charge in [-0.2, -0.15) is 0 Å². The van der Waals surface area contributed by atoms with Gasteiger partial charge in [0.25, 0.3) is 0 Å². The minimum absolute atomic E-state index is 0.195. The van der Waals surface area contributed by atoms with Crippen molar-refractivity contribution in [2.24, 2.45) is 0 Å². The van der Waals surface area contributed by atoms with Crippen molar-refractivity contribution in [1.82, 2.24) is 4.90 Å². The largest absolute Gasteiger partial charge is 0.462 e. The number of thioether (sulfide) groups is 1. The van der Waals surface area contributed by atoms with Crippen LogP contribution < -0.4 is 0 Å². The molecule has 0 saturated carbocycles. The zero-order valence-corrected chi connectivity index (χ0v) is 15.0.